The van der Waals surface area contributed by atoms with E-state index in [0.29, 0.717) is 11.4 Å². The molecule has 0 aliphatic heterocycles. The second-order valence-corrected chi connectivity index (χ2v) is 8.91. The summed E-state index contributed by atoms with van der Waals surface area (Å²) in [4.78, 5) is 8.32. The first-order chi connectivity index (χ1) is 14.7. The highest BCUT2D eigenvalue weighted by atomic mass is 32.2. The number of nitrogens with one attached hydrogen (secondary N) is 1. The van der Waals surface area contributed by atoms with Crippen LogP contribution in [0.25, 0.3) is 11.5 Å². The first-order valence-electron chi connectivity index (χ1n) is 9.34. The molecule has 3 aromatic rings. The molecule has 2 heterocycles. The molecular formula is C19H20F3N5O3S. The smallest absolute Gasteiger partial charge is 0.314 e. The Morgan fingerprint density at radius 3 is 2.45 bits per heavy atom. The van der Waals surface area contributed by atoms with Gasteiger partial charge in [0.1, 0.15) is 11.6 Å². The highest BCUT2D eigenvalue weighted by molar-refractivity contribution is 7.89. The third kappa shape index (κ3) is 5.85. The molecule has 1 aromatic carbocycles. The Morgan fingerprint density at radius 1 is 1.16 bits per heavy atom. The van der Waals surface area contributed by atoms with E-state index in [1.165, 1.54) is 25.4 Å². The number of alkyl halides is 2. The quantitative estimate of drug-likeness (QED) is 0.528. The predicted octanol–water partition coefficient (Wildman–Crippen LogP) is 3.18. The van der Waals surface area contributed by atoms with Gasteiger partial charge < -0.3 is 4.42 Å². The van der Waals surface area contributed by atoms with E-state index in [1.54, 1.807) is 19.1 Å². The molecule has 0 fully saturated rings. The van der Waals surface area contributed by atoms with Gasteiger partial charge in [0.15, 0.2) is 0 Å². The van der Waals surface area contributed by atoms with Crippen molar-refractivity contribution in [1.29, 1.82) is 0 Å². The van der Waals surface area contributed by atoms with Crippen molar-refractivity contribution in [2.75, 3.05) is 12.3 Å². The lowest BCUT2D eigenvalue weighted by atomic mass is 9.94. The average Bonchev–Trinajstić information content (AvgIpc) is 3.23. The van der Waals surface area contributed by atoms with Crippen molar-refractivity contribution in [2.45, 2.75) is 32.6 Å². The lowest BCUT2D eigenvalue weighted by Gasteiger charge is -2.18. The van der Waals surface area contributed by atoms with Crippen molar-refractivity contribution >= 4 is 10.0 Å². The molecule has 0 saturated carbocycles. The monoisotopic (exact) mass is 455 g/mol. The van der Waals surface area contributed by atoms with Gasteiger partial charge in [-0.1, -0.05) is 12.1 Å². The van der Waals surface area contributed by atoms with E-state index in [2.05, 4.69) is 24.9 Å². The summed E-state index contributed by atoms with van der Waals surface area (Å²) in [5.74, 6) is -1.79. The highest BCUT2D eigenvalue weighted by Crippen LogP contribution is 2.25. The molecule has 0 aliphatic rings. The highest BCUT2D eigenvalue weighted by Gasteiger charge is 2.21. The zero-order valence-electron chi connectivity index (χ0n) is 16.7. The molecule has 0 aliphatic carbocycles. The van der Waals surface area contributed by atoms with Gasteiger partial charge in [0, 0.05) is 31.3 Å². The van der Waals surface area contributed by atoms with Crippen molar-refractivity contribution in [3.8, 4) is 11.5 Å². The summed E-state index contributed by atoms with van der Waals surface area (Å²) < 4.78 is 70.8. The first-order valence-corrected chi connectivity index (χ1v) is 11.0. The largest absolute Gasteiger partial charge is 0.415 e. The summed E-state index contributed by atoms with van der Waals surface area (Å²) in [6, 6.07) is 4.71. The minimum Gasteiger partial charge on any atom is -0.415 e. The topological polar surface area (TPSA) is 111 Å². The van der Waals surface area contributed by atoms with E-state index in [4.69, 9.17) is 4.42 Å². The van der Waals surface area contributed by atoms with E-state index in [9.17, 15) is 21.6 Å². The number of aromatic nitrogens is 4. The summed E-state index contributed by atoms with van der Waals surface area (Å²) in [5, 5.41) is 6.77. The number of aryl methyl sites for hydroxylation is 1. The molecule has 3 rings (SSSR count). The summed E-state index contributed by atoms with van der Waals surface area (Å²) in [7, 11) is -3.49. The minimum atomic E-state index is -3.49. The maximum Gasteiger partial charge on any atom is 0.314 e. The number of nitrogens with zero attached hydrogens (tertiary/aromatic N) is 4. The number of hydrogen-bond donors (Lipinski definition) is 1. The molecule has 1 unspecified atom stereocenters. The van der Waals surface area contributed by atoms with Crippen molar-refractivity contribution < 1.29 is 26.0 Å². The van der Waals surface area contributed by atoms with Crippen LogP contribution in [-0.4, -0.2) is 40.9 Å². The van der Waals surface area contributed by atoms with Crippen LogP contribution < -0.4 is 4.72 Å². The van der Waals surface area contributed by atoms with Crippen LogP contribution in [0.4, 0.5) is 13.2 Å². The molecule has 2 aromatic heterocycles. The Balaban J connectivity index is 1.82. The molecule has 12 heteroatoms. The van der Waals surface area contributed by atoms with Crippen LogP contribution in [0.3, 0.4) is 0 Å². The molecule has 0 radical (unpaired) electrons. The fraction of sp³-hybridized carbons (Fsp3) is 0.368. The minimum absolute atomic E-state index is 0.0390. The Morgan fingerprint density at radius 2 is 1.87 bits per heavy atom. The van der Waals surface area contributed by atoms with E-state index < -0.39 is 34.1 Å². The van der Waals surface area contributed by atoms with E-state index >= 15 is 0 Å². The van der Waals surface area contributed by atoms with Gasteiger partial charge in [-0.25, -0.2) is 27.5 Å². The maximum absolute atomic E-state index is 14.6. The Labute approximate surface area is 177 Å². The third-order valence-electron chi connectivity index (χ3n) is 4.53. The standard InChI is InChI=1S/C19H20F3N5O3S/c1-3-31(28,29)25-10-12(14-5-4-11(2)6-15(14)20)7-16-23-8-13(9-24-16)18-26-27-19(30-18)17(21)22/h4-6,8-9,12,17,25H,3,7,10H2,1-2H3. The molecule has 1 atom stereocenters. The lowest BCUT2D eigenvalue weighted by Crippen LogP contribution is -2.31. The molecule has 8 nitrogen and oxygen atoms in total. The van der Waals surface area contributed by atoms with Crippen LogP contribution in [0, 0.1) is 12.7 Å². The number of sulfonamides is 1. The Bertz CT molecular complexity index is 1140. The van der Waals surface area contributed by atoms with Crippen LogP contribution in [0.1, 0.15) is 42.1 Å². The van der Waals surface area contributed by atoms with E-state index in [1.807, 2.05) is 0 Å². The fourth-order valence-electron chi connectivity index (χ4n) is 2.82. The average molecular weight is 455 g/mol. The summed E-state index contributed by atoms with van der Waals surface area (Å²) >= 11 is 0. The first kappa shape index (κ1) is 22.8. The fourth-order valence-corrected chi connectivity index (χ4v) is 3.47. The lowest BCUT2D eigenvalue weighted by molar-refractivity contribution is 0.116. The normalized spacial score (nSPS) is 13.0. The molecule has 166 valence electrons. The number of benzene rings is 1. The van der Waals surface area contributed by atoms with Crippen LogP contribution >= 0.6 is 0 Å². The van der Waals surface area contributed by atoms with Crippen molar-refractivity contribution in [3.05, 3.63) is 59.3 Å². The summed E-state index contributed by atoms with van der Waals surface area (Å²) in [6.45, 7) is 3.21. The summed E-state index contributed by atoms with van der Waals surface area (Å²) in [6.07, 6.45) is -0.106. The number of halogens is 3. The van der Waals surface area contributed by atoms with E-state index in [-0.39, 0.29) is 30.2 Å². The molecule has 1 N–H and O–H groups in total. The third-order valence-corrected chi connectivity index (χ3v) is 5.90. The van der Waals surface area contributed by atoms with Crippen LogP contribution in [0.2, 0.25) is 0 Å². The number of hydrogen-bond acceptors (Lipinski definition) is 7. The van der Waals surface area contributed by atoms with Crippen molar-refractivity contribution in [2.24, 2.45) is 0 Å². The van der Waals surface area contributed by atoms with Crippen LogP contribution in [0.15, 0.2) is 35.0 Å². The van der Waals surface area contributed by atoms with Gasteiger partial charge in [-0.15, -0.1) is 10.2 Å². The summed E-state index contributed by atoms with van der Waals surface area (Å²) in [5.41, 5.74) is 1.31. The second-order valence-electron chi connectivity index (χ2n) is 6.81. The second kappa shape index (κ2) is 9.52. The molecule has 31 heavy (non-hydrogen) atoms. The van der Waals surface area contributed by atoms with Crippen molar-refractivity contribution in [3.63, 3.8) is 0 Å². The number of rotatable bonds is 9. The predicted molar refractivity (Wildman–Crippen MR) is 105 cm³/mol. The molecule has 0 saturated heterocycles. The zero-order valence-corrected chi connectivity index (χ0v) is 17.5. The molecule has 0 spiro atoms. The van der Waals surface area contributed by atoms with Gasteiger partial charge in [0.05, 0.1) is 11.3 Å². The van der Waals surface area contributed by atoms with Gasteiger partial charge in [-0.05, 0) is 31.0 Å². The molecule has 0 amide bonds. The molecule has 0 bridgehead atoms. The Hall–Kier alpha value is -2.86. The van der Waals surface area contributed by atoms with Gasteiger partial charge in [-0.3, -0.25) is 0 Å². The van der Waals surface area contributed by atoms with E-state index in [0.717, 1.165) is 5.56 Å². The van der Waals surface area contributed by atoms with Gasteiger partial charge in [-0.2, -0.15) is 8.78 Å². The van der Waals surface area contributed by atoms with Crippen LogP contribution in [0.5, 0.6) is 0 Å². The molecular weight excluding hydrogens is 435 g/mol. The Kier molecular flexibility index (Phi) is 7.01. The van der Waals surface area contributed by atoms with Gasteiger partial charge in [0.25, 0.3) is 11.8 Å². The zero-order chi connectivity index (χ0) is 22.6. The van der Waals surface area contributed by atoms with Crippen LogP contribution in [-0.2, 0) is 16.4 Å². The maximum atomic E-state index is 14.6. The van der Waals surface area contributed by atoms with Crippen molar-refractivity contribution in [1.82, 2.24) is 24.9 Å². The van der Waals surface area contributed by atoms with Gasteiger partial charge >= 0.3 is 6.43 Å². The van der Waals surface area contributed by atoms with Gasteiger partial charge in [0.2, 0.25) is 10.0 Å². The SMILES string of the molecule is CCS(=O)(=O)NCC(Cc1ncc(-c2nnc(C(F)F)o2)cn1)c1ccc(C)cc1F.